The zero-order chi connectivity index (χ0) is 14.8. The fourth-order valence-electron chi connectivity index (χ4n) is 2.21. The first-order valence-corrected chi connectivity index (χ1v) is 6.69. The van der Waals surface area contributed by atoms with E-state index in [1.54, 1.807) is 6.07 Å². The van der Waals surface area contributed by atoms with Crippen LogP contribution in [0.5, 0.6) is 0 Å². The zero-order valence-corrected chi connectivity index (χ0v) is 11.5. The van der Waals surface area contributed by atoms with Gasteiger partial charge in [0, 0.05) is 17.4 Å². The largest absolute Gasteiger partial charge is 0.477 e. The Kier molecular flexibility index (Phi) is 3.50. The minimum Gasteiger partial charge on any atom is -0.477 e. The van der Waals surface area contributed by atoms with E-state index in [1.165, 1.54) is 6.07 Å². The van der Waals surface area contributed by atoms with Crippen LogP contribution in [0.2, 0.25) is 0 Å². The van der Waals surface area contributed by atoms with Gasteiger partial charge in [-0.1, -0.05) is 24.3 Å². The van der Waals surface area contributed by atoms with Crippen LogP contribution < -0.4 is 0 Å². The molecule has 0 spiro atoms. The van der Waals surface area contributed by atoms with Gasteiger partial charge in [0.1, 0.15) is 5.69 Å². The summed E-state index contributed by atoms with van der Waals surface area (Å²) < 4.78 is 5.37. The Labute approximate surface area is 121 Å². The van der Waals surface area contributed by atoms with Crippen molar-refractivity contribution in [2.45, 2.75) is 13.5 Å². The lowest BCUT2D eigenvalue weighted by atomic mass is 10.1. The second kappa shape index (κ2) is 5.46. The molecule has 0 fully saturated rings. The first kappa shape index (κ1) is 13.5. The lowest BCUT2D eigenvalue weighted by molar-refractivity contribution is 0.0691. The number of hydrogen-bond acceptors (Lipinski definition) is 4. The van der Waals surface area contributed by atoms with Crippen LogP contribution in [0, 0.1) is 0 Å². The van der Waals surface area contributed by atoms with Crippen molar-refractivity contribution in [3.63, 3.8) is 0 Å². The summed E-state index contributed by atoms with van der Waals surface area (Å²) in [5.74, 6) is -1.04. The van der Waals surface area contributed by atoms with Crippen LogP contribution in [0.4, 0.5) is 0 Å². The molecule has 2 heterocycles. The minimum atomic E-state index is -1.04. The molecule has 21 heavy (non-hydrogen) atoms. The van der Waals surface area contributed by atoms with Gasteiger partial charge in [0.15, 0.2) is 0 Å². The van der Waals surface area contributed by atoms with Gasteiger partial charge in [0.25, 0.3) is 0 Å². The first-order valence-electron chi connectivity index (χ1n) is 6.69. The smallest absolute Gasteiger partial charge is 0.354 e. The number of fused-ring (bicyclic) bond motifs is 3. The van der Waals surface area contributed by atoms with Gasteiger partial charge in [0.2, 0.25) is 0 Å². The molecule has 0 saturated heterocycles. The number of benzene rings is 1. The normalized spacial score (nSPS) is 11.1. The molecule has 5 nitrogen and oxygen atoms in total. The summed E-state index contributed by atoms with van der Waals surface area (Å²) >= 11 is 0. The quantitative estimate of drug-likeness (QED) is 0.745. The van der Waals surface area contributed by atoms with Crippen LogP contribution >= 0.6 is 0 Å². The van der Waals surface area contributed by atoms with Crippen LogP contribution in [0.3, 0.4) is 0 Å². The van der Waals surface area contributed by atoms with E-state index >= 15 is 0 Å². The average Bonchev–Trinajstić information content (AvgIpc) is 2.52. The van der Waals surface area contributed by atoms with Gasteiger partial charge in [-0.15, -0.1) is 0 Å². The van der Waals surface area contributed by atoms with E-state index in [0.29, 0.717) is 24.2 Å². The Balaban J connectivity index is 2.23. The molecule has 0 atom stereocenters. The minimum absolute atomic E-state index is 0.0204. The highest BCUT2D eigenvalue weighted by atomic mass is 16.5. The number of rotatable bonds is 4. The fourth-order valence-corrected chi connectivity index (χ4v) is 2.21. The van der Waals surface area contributed by atoms with Crippen molar-refractivity contribution in [3.8, 4) is 0 Å². The van der Waals surface area contributed by atoms with Crippen molar-refractivity contribution in [1.29, 1.82) is 0 Å². The van der Waals surface area contributed by atoms with Gasteiger partial charge in [0.05, 0.1) is 23.3 Å². The van der Waals surface area contributed by atoms with Gasteiger partial charge >= 0.3 is 5.97 Å². The van der Waals surface area contributed by atoms with Gasteiger partial charge < -0.3 is 9.84 Å². The van der Waals surface area contributed by atoms with E-state index in [-0.39, 0.29) is 5.69 Å². The maximum absolute atomic E-state index is 11.1. The second-order valence-electron chi connectivity index (χ2n) is 4.65. The van der Waals surface area contributed by atoms with Crippen molar-refractivity contribution in [3.05, 3.63) is 47.8 Å². The van der Waals surface area contributed by atoms with Crippen molar-refractivity contribution >= 4 is 27.8 Å². The van der Waals surface area contributed by atoms with Crippen molar-refractivity contribution in [2.24, 2.45) is 0 Å². The Bertz CT molecular complexity index is 830. The molecule has 0 amide bonds. The van der Waals surface area contributed by atoms with Crippen LogP contribution in [-0.2, 0) is 11.3 Å². The molecule has 5 heteroatoms. The third-order valence-corrected chi connectivity index (χ3v) is 3.25. The Morgan fingerprint density at radius 3 is 2.33 bits per heavy atom. The molecule has 0 aliphatic heterocycles. The van der Waals surface area contributed by atoms with Gasteiger partial charge in [-0.05, 0) is 19.1 Å². The first-order chi connectivity index (χ1) is 10.2. The molecule has 0 unspecified atom stereocenters. The molecule has 3 rings (SSSR count). The summed E-state index contributed by atoms with van der Waals surface area (Å²) in [5.41, 5.74) is 2.13. The van der Waals surface area contributed by atoms with Crippen molar-refractivity contribution in [2.75, 3.05) is 6.61 Å². The molecule has 1 aromatic carbocycles. The lowest BCUT2D eigenvalue weighted by Crippen LogP contribution is -2.01. The predicted octanol–water partition coefficient (Wildman–Crippen LogP) is 3.02. The van der Waals surface area contributed by atoms with Crippen LogP contribution in [0.15, 0.2) is 36.4 Å². The Morgan fingerprint density at radius 1 is 1.05 bits per heavy atom. The van der Waals surface area contributed by atoms with E-state index in [2.05, 4.69) is 9.97 Å². The van der Waals surface area contributed by atoms with E-state index in [1.807, 2.05) is 31.2 Å². The molecule has 0 saturated carbocycles. The van der Waals surface area contributed by atoms with E-state index < -0.39 is 5.97 Å². The number of hydrogen-bond donors (Lipinski definition) is 1. The number of nitrogens with zero attached hydrogens (tertiary/aromatic N) is 2. The van der Waals surface area contributed by atoms with Crippen LogP contribution in [0.1, 0.15) is 23.1 Å². The molecule has 2 aromatic heterocycles. The monoisotopic (exact) mass is 282 g/mol. The topological polar surface area (TPSA) is 72.3 Å². The van der Waals surface area contributed by atoms with E-state index in [4.69, 9.17) is 9.84 Å². The highest BCUT2D eigenvalue weighted by Crippen LogP contribution is 2.23. The number of carbonyl (C=O) groups is 1. The van der Waals surface area contributed by atoms with Crippen molar-refractivity contribution < 1.29 is 14.6 Å². The number of ether oxygens (including phenoxy) is 1. The summed E-state index contributed by atoms with van der Waals surface area (Å²) in [5, 5.41) is 10.9. The predicted molar refractivity (Wildman–Crippen MR) is 79.3 cm³/mol. The van der Waals surface area contributed by atoms with Gasteiger partial charge in [-0.3, -0.25) is 0 Å². The number of aromatic nitrogens is 2. The maximum atomic E-state index is 11.1. The molecule has 3 aromatic rings. The lowest BCUT2D eigenvalue weighted by Gasteiger charge is -2.06. The fraction of sp³-hybridized carbons (Fsp3) is 0.188. The summed E-state index contributed by atoms with van der Waals surface area (Å²) in [7, 11) is 0. The van der Waals surface area contributed by atoms with E-state index in [0.717, 1.165) is 16.5 Å². The third kappa shape index (κ3) is 2.55. The summed E-state index contributed by atoms with van der Waals surface area (Å²) in [6.45, 7) is 2.98. The molecule has 0 radical (unpaired) electrons. The molecular formula is C16H14N2O3. The maximum Gasteiger partial charge on any atom is 0.354 e. The van der Waals surface area contributed by atoms with Crippen molar-refractivity contribution in [1.82, 2.24) is 9.97 Å². The molecular weight excluding hydrogens is 268 g/mol. The SMILES string of the molecule is CCOCc1ccc2ccc3ccc(C(=O)O)nc3c2n1. The second-order valence-corrected chi connectivity index (χ2v) is 4.65. The average molecular weight is 282 g/mol. The molecule has 0 aliphatic rings. The molecule has 1 N–H and O–H groups in total. The molecule has 106 valence electrons. The Morgan fingerprint density at radius 2 is 1.67 bits per heavy atom. The molecule has 0 bridgehead atoms. The van der Waals surface area contributed by atoms with Gasteiger partial charge in [-0.25, -0.2) is 14.8 Å². The standard InChI is InChI=1S/C16H14N2O3/c1-2-21-9-12-7-5-10-3-4-11-6-8-13(16(19)20)18-15(11)14(10)17-12/h3-8H,2,9H2,1H3,(H,19,20). The number of carboxylic acids is 1. The number of carboxylic acid groups (broad SMARTS) is 1. The number of pyridine rings is 2. The highest BCUT2D eigenvalue weighted by Gasteiger charge is 2.09. The van der Waals surface area contributed by atoms with Crippen LogP contribution in [0.25, 0.3) is 21.8 Å². The summed E-state index contributed by atoms with van der Waals surface area (Å²) in [6.07, 6.45) is 0. The van der Waals surface area contributed by atoms with Gasteiger partial charge in [-0.2, -0.15) is 0 Å². The van der Waals surface area contributed by atoms with E-state index in [9.17, 15) is 4.79 Å². The van der Waals surface area contributed by atoms with Crippen LogP contribution in [-0.4, -0.2) is 27.7 Å². The molecule has 0 aliphatic carbocycles. The zero-order valence-electron chi connectivity index (χ0n) is 11.5. The highest BCUT2D eigenvalue weighted by molar-refractivity contribution is 6.04. The summed E-state index contributed by atoms with van der Waals surface area (Å²) in [4.78, 5) is 19.9. The summed E-state index contributed by atoms with van der Waals surface area (Å²) in [6, 6.07) is 11.0. The number of aromatic carboxylic acids is 1. The Hall–Kier alpha value is -2.53. The third-order valence-electron chi connectivity index (χ3n) is 3.25.